The van der Waals surface area contributed by atoms with Crippen LogP contribution in [-0.2, 0) is 91.7 Å². The number of aromatic amines is 2. The largest absolute Gasteiger partial charge is 0.497 e. The molecular formula is C92H112N8O16. The summed E-state index contributed by atoms with van der Waals surface area (Å²) in [6.45, 7) is 18.7. The second-order valence-corrected chi connectivity index (χ2v) is 34.9. The van der Waals surface area contributed by atoms with Gasteiger partial charge in [0.15, 0.2) is 12.2 Å². The smallest absolute Gasteiger partial charge is 0.344 e. The molecule has 116 heavy (non-hydrogen) atoms. The van der Waals surface area contributed by atoms with Gasteiger partial charge < -0.3 is 67.9 Å². The number of aromatic nitrogens is 2. The van der Waals surface area contributed by atoms with Gasteiger partial charge in [0.1, 0.15) is 22.3 Å². The lowest BCUT2D eigenvalue weighted by Gasteiger charge is -2.63. The average Bonchev–Trinajstić information content (AvgIpc) is 1.47. The predicted octanol–water partition coefficient (Wildman–Crippen LogP) is 9.61. The van der Waals surface area contributed by atoms with E-state index in [0.29, 0.717) is 61.8 Å². The quantitative estimate of drug-likeness (QED) is 0.0476. The minimum atomic E-state index is -2.28. The fourth-order valence-electron chi connectivity index (χ4n) is 26.4. The molecule has 0 radical (unpaired) electrons. The van der Waals surface area contributed by atoms with E-state index in [4.69, 9.17) is 37.9 Å². The molecule has 13 heterocycles. The number of nitrogens with one attached hydrogen (secondary N) is 2. The Morgan fingerprint density at radius 1 is 0.534 bits per heavy atom. The van der Waals surface area contributed by atoms with Gasteiger partial charge in [0.2, 0.25) is 11.2 Å². The van der Waals surface area contributed by atoms with Gasteiger partial charge in [-0.05, 0) is 136 Å². The number of carbonyl (C=O) groups is 6. The number of nitrogens with zero attached hydrogens (tertiary/aromatic N) is 6. The standard InChI is InChI=1S/C46H56N4O8.C25H32N2O6.C21H24N2O2/c1-8-28-21-29-24-45(41(52)56-6,37-31(15-19-49(25-28)26-29)30-13-10-11-14-34(30)47-37)33-22-32-35(23-36(33)55-5)48(4)39-44(32)17-20-50-18-12-16-43(9-2,38(44)50)40(58-27(3)51)46(39,54)42(53)57-7;1-6-23-10-7-12-27-13-11-24(19(23)27)17-9-8-16(31-4)14-18(17)26(3)20(24)25(30,22(29)32-5)21(23)33-15(2)28;1-3-14-10-13-11-21(20(24)25-2)18-16(8-9-23(12-13)19(14)21)15-6-4-5-7-17(15)22-18/h10-14,16,21-23,29,38-40,47,54H,8-9,15,17-20,24-26H2,1-7H3;7-10,14,19-21,30H,6,11-13H2,1-5H3;4-7,10,13,19,22H,3,8-9,11-12H2,1-2H3/t29?,38-,39+,40+,43+,44?,45-,46-;19-,20+,21+,23+,24?,25-;/m00./s1. The van der Waals surface area contributed by atoms with Gasteiger partial charge in [0, 0.05) is 170 Å². The SMILES string of the molecule is CCC1=CC2CN(CCc3c([nH]c4ccccc34)[C@@](C(=O)OC)(c3cc4c(cc3OC)N(C)[C@@H]3C45CCN4CC=C[C@](CC)([C@H]45)[C@@H](OC(C)=O)[C@]3(O)C(=O)OC)C2)C1.CCC1=CC2CN3CCc4c([nH]c5ccccc45)C(C(=O)OC)(C2)C13.CC[C@]12C=CCN3CCC4(c5ccc(OC)cc5N(C)[C@H]4[C@@](O)(C(=O)OC)[C@@H]1OC(C)=O)[C@@H]32. The van der Waals surface area contributed by atoms with Crippen molar-refractivity contribution in [1.82, 2.24) is 29.6 Å². The molecule has 19 atom stereocenters. The molecule has 24 nitrogen and oxygen atoms in total. The Bertz CT molecular complexity index is 5140. The lowest BCUT2D eigenvalue weighted by molar-refractivity contribution is -0.229. The molecule has 11 aliphatic heterocycles. The Morgan fingerprint density at radius 3 is 1.60 bits per heavy atom. The molecule has 5 fully saturated rings. The maximum absolute atomic E-state index is 15.3. The first-order valence-electron chi connectivity index (χ1n) is 41.7. The van der Waals surface area contributed by atoms with Crippen LogP contribution in [0.25, 0.3) is 21.8 Å². The van der Waals surface area contributed by atoms with Gasteiger partial charge in [-0.2, -0.15) is 0 Å². The number of H-pyrrole nitrogens is 2. The van der Waals surface area contributed by atoms with Crippen molar-refractivity contribution in [1.29, 1.82) is 0 Å². The zero-order chi connectivity index (χ0) is 81.9. The number of carbonyl (C=O) groups excluding carboxylic acids is 6. The molecular weight excluding hydrogens is 1470 g/mol. The molecule has 3 saturated heterocycles. The van der Waals surface area contributed by atoms with Crippen molar-refractivity contribution >= 4 is 69.0 Å². The molecule has 616 valence electrons. The van der Waals surface area contributed by atoms with Gasteiger partial charge in [0.25, 0.3) is 0 Å². The first-order valence-corrected chi connectivity index (χ1v) is 41.7. The number of ether oxygens (including phenoxy) is 8. The molecule has 20 rings (SSSR count). The first-order chi connectivity index (χ1) is 55.8. The average molecular weight is 1590 g/mol. The monoisotopic (exact) mass is 1580 g/mol. The second-order valence-electron chi connectivity index (χ2n) is 34.9. The highest BCUT2D eigenvalue weighted by atomic mass is 16.6. The molecule has 8 unspecified atom stereocenters. The summed E-state index contributed by atoms with van der Waals surface area (Å²) in [6, 6.07) is 25.0. The Balaban J connectivity index is 0.000000140. The third kappa shape index (κ3) is 10.6. The molecule has 2 saturated carbocycles. The molecule has 4 N–H and O–H groups in total. The molecule has 24 heteroatoms. The second kappa shape index (κ2) is 28.8. The van der Waals surface area contributed by atoms with E-state index >= 15 is 4.79 Å². The van der Waals surface area contributed by atoms with Gasteiger partial charge >= 0.3 is 35.8 Å². The Morgan fingerprint density at radius 2 is 1.07 bits per heavy atom. The number of fused-ring (bicyclic) bond motifs is 10. The topological polar surface area (TPSA) is 268 Å². The third-order valence-corrected chi connectivity index (χ3v) is 30.2. The van der Waals surface area contributed by atoms with Crippen LogP contribution in [0.1, 0.15) is 132 Å². The molecule has 0 amide bonds. The highest BCUT2D eigenvalue weighted by Gasteiger charge is 2.82. The van der Waals surface area contributed by atoms with Crippen molar-refractivity contribution < 1.29 is 76.9 Å². The van der Waals surface area contributed by atoms with Crippen molar-refractivity contribution in [3.63, 3.8) is 0 Å². The number of piperidine rings is 1. The van der Waals surface area contributed by atoms with Crippen molar-refractivity contribution in [2.45, 2.75) is 181 Å². The number of likely N-dealkylation sites (N-methyl/N-ethyl adjacent to an activating group) is 2. The van der Waals surface area contributed by atoms with E-state index in [1.165, 1.54) is 64.4 Å². The van der Waals surface area contributed by atoms with E-state index in [-0.39, 0.29) is 36.0 Å². The molecule has 14 aliphatic rings. The normalized spacial score (nSPS) is 35.4. The summed E-state index contributed by atoms with van der Waals surface area (Å²) in [6.07, 6.45) is 18.1. The number of methoxy groups -OCH3 is 6. The molecule has 2 spiro atoms. The summed E-state index contributed by atoms with van der Waals surface area (Å²) in [5.41, 5.74) is 4.06. The van der Waals surface area contributed by atoms with E-state index < -0.39 is 91.9 Å². The van der Waals surface area contributed by atoms with Crippen LogP contribution in [0.4, 0.5) is 11.4 Å². The molecule has 4 aromatic carbocycles. The van der Waals surface area contributed by atoms with E-state index in [2.05, 4.69) is 128 Å². The van der Waals surface area contributed by atoms with Crippen molar-refractivity contribution in [2.24, 2.45) is 22.7 Å². The van der Waals surface area contributed by atoms with Crippen LogP contribution in [0.2, 0.25) is 0 Å². The van der Waals surface area contributed by atoms with Crippen LogP contribution in [0.15, 0.2) is 126 Å². The summed E-state index contributed by atoms with van der Waals surface area (Å²) in [4.78, 5) is 103. The fourth-order valence-corrected chi connectivity index (χ4v) is 26.4. The lowest BCUT2D eigenvalue weighted by atomic mass is 9.47. The minimum absolute atomic E-state index is 0.0217. The Labute approximate surface area is 678 Å². The third-order valence-electron chi connectivity index (χ3n) is 30.2. The predicted molar refractivity (Wildman–Crippen MR) is 438 cm³/mol. The van der Waals surface area contributed by atoms with E-state index in [1.54, 1.807) is 14.2 Å². The number of esters is 6. The van der Waals surface area contributed by atoms with Crippen LogP contribution in [0.3, 0.4) is 0 Å². The molecule has 6 aromatic rings. The Kier molecular flexibility index (Phi) is 19.6. The summed E-state index contributed by atoms with van der Waals surface area (Å²) < 4.78 is 46.0. The van der Waals surface area contributed by atoms with Crippen LogP contribution >= 0.6 is 0 Å². The van der Waals surface area contributed by atoms with Crippen molar-refractivity contribution in [3.05, 3.63) is 166 Å². The number of aliphatic hydroxyl groups is 2. The maximum Gasteiger partial charge on any atom is 0.344 e. The van der Waals surface area contributed by atoms with Crippen LogP contribution in [-0.4, -0.2) is 245 Å². The summed E-state index contributed by atoms with van der Waals surface area (Å²) in [5.74, 6) is -1.58. The van der Waals surface area contributed by atoms with E-state index in [0.717, 1.165) is 140 Å². The number of rotatable bonds is 13. The fraction of sp³-hybridized carbons (Fsp3) is 0.543. The van der Waals surface area contributed by atoms with Gasteiger partial charge in [-0.1, -0.05) is 118 Å². The van der Waals surface area contributed by atoms with Gasteiger partial charge in [-0.3, -0.25) is 38.8 Å². The lowest BCUT2D eigenvalue weighted by Crippen LogP contribution is -2.81. The first kappa shape index (κ1) is 79.2. The number of hydrogen-bond donors (Lipinski definition) is 4. The zero-order valence-electron chi connectivity index (χ0n) is 69.4. The van der Waals surface area contributed by atoms with Crippen molar-refractivity contribution in [3.8, 4) is 11.5 Å². The summed E-state index contributed by atoms with van der Waals surface area (Å²) in [5, 5.41) is 28.1. The molecule has 2 aromatic heterocycles. The summed E-state index contributed by atoms with van der Waals surface area (Å²) in [7, 11) is 12.6. The maximum atomic E-state index is 15.3. The number of benzene rings is 4. The highest BCUT2D eigenvalue weighted by Crippen LogP contribution is 2.71. The zero-order valence-corrected chi connectivity index (χ0v) is 69.4. The van der Waals surface area contributed by atoms with Gasteiger partial charge in [-0.25, -0.2) is 9.59 Å². The van der Waals surface area contributed by atoms with Crippen LogP contribution in [0, 0.1) is 22.7 Å². The van der Waals surface area contributed by atoms with Crippen LogP contribution < -0.4 is 19.3 Å². The summed E-state index contributed by atoms with van der Waals surface area (Å²) >= 11 is 0. The Hall–Kier alpha value is -9.30. The molecule has 3 aliphatic carbocycles. The van der Waals surface area contributed by atoms with Crippen LogP contribution in [0.5, 0.6) is 11.5 Å². The van der Waals surface area contributed by atoms with E-state index in [1.807, 2.05) is 68.1 Å². The van der Waals surface area contributed by atoms with Gasteiger partial charge in [0.05, 0.1) is 60.8 Å². The number of anilines is 2. The number of para-hydroxylation sites is 2. The van der Waals surface area contributed by atoms with E-state index in [9.17, 15) is 34.2 Å². The van der Waals surface area contributed by atoms with Crippen molar-refractivity contribution in [2.75, 3.05) is 125 Å². The number of hydrogen-bond acceptors (Lipinski definition) is 22. The highest BCUT2D eigenvalue weighted by molar-refractivity contribution is 5.96. The molecule has 6 bridgehead atoms. The minimum Gasteiger partial charge on any atom is -0.497 e. The van der Waals surface area contributed by atoms with Gasteiger partial charge in [-0.15, -0.1) is 0 Å².